The van der Waals surface area contributed by atoms with Gasteiger partial charge in [-0.15, -0.1) is 0 Å². The number of benzene rings is 3. The van der Waals surface area contributed by atoms with Crippen molar-refractivity contribution >= 4 is 45.7 Å². The van der Waals surface area contributed by atoms with Crippen LogP contribution in [0.15, 0.2) is 72.8 Å². The lowest BCUT2D eigenvalue weighted by Gasteiger charge is -2.17. The van der Waals surface area contributed by atoms with Crippen LogP contribution < -0.4 is 4.74 Å². The molecule has 0 saturated heterocycles. The van der Waals surface area contributed by atoms with E-state index >= 15 is 0 Å². The average Bonchev–Trinajstić information content (AvgIpc) is 3.29. The molecule has 0 aliphatic carbocycles. The number of carbonyl (C=O) groups excluding carboxylic acids is 1. The van der Waals surface area contributed by atoms with Gasteiger partial charge in [-0.25, -0.2) is 4.79 Å². The molecule has 0 bridgehead atoms. The van der Waals surface area contributed by atoms with E-state index in [0.717, 1.165) is 44.4 Å². The molecule has 186 valence electrons. The summed E-state index contributed by atoms with van der Waals surface area (Å²) in [7, 11) is 1.61. The number of nitrogens with one attached hydrogen (secondary N) is 1. The van der Waals surface area contributed by atoms with Crippen LogP contribution in [0.2, 0.25) is 5.02 Å². The van der Waals surface area contributed by atoms with Crippen molar-refractivity contribution < 1.29 is 14.3 Å². The number of carbonyl (C=O) groups is 1. The summed E-state index contributed by atoms with van der Waals surface area (Å²) in [4.78, 5) is 15.2. The summed E-state index contributed by atoms with van der Waals surface area (Å²) in [6.07, 6.45) is 3.80. The van der Waals surface area contributed by atoms with E-state index in [1.54, 1.807) is 26.2 Å². The Morgan fingerprint density at radius 3 is 2.49 bits per heavy atom. The molecular formula is C31H27ClN2O3. The first-order valence-corrected chi connectivity index (χ1v) is 12.4. The number of nitrogens with zero attached hydrogens (tertiary/aromatic N) is 1. The van der Waals surface area contributed by atoms with Gasteiger partial charge in [0.2, 0.25) is 0 Å². The van der Waals surface area contributed by atoms with E-state index in [1.807, 2.05) is 60.7 Å². The number of allylic oxidation sites excluding steroid dienone is 1. The second-order valence-electron chi connectivity index (χ2n) is 8.29. The molecule has 4 aromatic rings. The highest BCUT2D eigenvalue weighted by atomic mass is 35.5. The summed E-state index contributed by atoms with van der Waals surface area (Å²) in [6.45, 7) is 4.17. The fourth-order valence-corrected chi connectivity index (χ4v) is 4.68. The summed E-state index contributed by atoms with van der Waals surface area (Å²) in [5.74, 6) is 0.290. The molecule has 1 N–H and O–H groups in total. The van der Waals surface area contributed by atoms with Gasteiger partial charge in [0.1, 0.15) is 11.8 Å². The molecule has 0 aliphatic rings. The molecule has 0 aliphatic heterocycles. The lowest BCUT2D eigenvalue weighted by atomic mass is 9.89. The topological polar surface area (TPSA) is 75.1 Å². The van der Waals surface area contributed by atoms with Crippen LogP contribution in [0, 0.1) is 11.3 Å². The van der Waals surface area contributed by atoms with E-state index in [0.29, 0.717) is 29.4 Å². The number of para-hydroxylation sites is 1. The van der Waals surface area contributed by atoms with Gasteiger partial charge in [0.25, 0.3) is 0 Å². The number of nitriles is 1. The fraction of sp³-hybridized carbons (Fsp3) is 0.161. The molecule has 3 aromatic carbocycles. The molecule has 4 rings (SSSR count). The molecule has 1 heterocycles. The Balaban J connectivity index is 1.94. The predicted molar refractivity (Wildman–Crippen MR) is 149 cm³/mol. The minimum atomic E-state index is -0.383. The van der Waals surface area contributed by atoms with Crippen molar-refractivity contribution in [3.8, 4) is 11.8 Å². The number of hydrogen-bond acceptors (Lipinski definition) is 4. The quantitative estimate of drug-likeness (QED) is 0.150. The molecule has 0 fully saturated rings. The van der Waals surface area contributed by atoms with Gasteiger partial charge in [-0.05, 0) is 65.9 Å². The Morgan fingerprint density at radius 2 is 1.84 bits per heavy atom. The van der Waals surface area contributed by atoms with Crippen LogP contribution in [0.5, 0.6) is 5.75 Å². The van der Waals surface area contributed by atoms with Crippen molar-refractivity contribution in [3.05, 3.63) is 106 Å². The number of hydrogen-bond donors (Lipinski definition) is 1. The van der Waals surface area contributed by atoms with Gasteiger partial charge in [-0.2, -0.15) is 5.26 Å². The van der Waals surface area contributed by atoms with Crippen LogP contribution in [0.3, 0.4) is 0 Å². The third-order valence-electron chi connectivity index (χ3n) is 6.12. The van der Waals surface area contributed by atoms with E-state index in [1.165, 1.54) is 6.08 Å². The van der Waals surface area contributed by atoms with Crippen LogP contribution in [-0.2, 0) is 9.53 Å². The molecule has 0 amide bonds. The summed E-state index contributed by atoms with van der Waals surface area (Å²) < 4.78 is 10.3. The van der Waals surface area contributed by atoms with E-state index < -0.39 is 0 Å². The highest BCUT2D eigenvalue weighted by molar-refractivity contribution is 6.33. The summed E-state index contributed by atoms with van der Waals surface area (Å²) in [5.41, 5.74) is 6.73. The molecule has 0 spiro atoms. The second-order valence-corrected chi connectivity index (χ2v) is 8.70. The Morgan fingerprint density at radius 1 is 1.08 bits per heavy atom. The van der Waals surface area contributed by atoms with Gasteiger partial charge in [-0.1, -0.05) is 61.0 Å². The number of ether oxygens (including phenoxy) is 2. The highest BCUT2D eigenvalue weighted by Gasteiger charge is 2.21. The number of aromatic nitrogens is 1. The van der Waals surface area contributed by atoms with Crippen molar-refractivity contribution in [2.45, 2.75) is 20.3 Å². The predicted octanol–water partition coefficient (Wildman–Crippen LogP) is 7.65. The standard InChI is InChI=1S/C31H27ClN2O3/c1-4-23(24-16-15-22(36-3)18-27(24)32)30(31-26(19-33)25-8-6-7-9-28(25)34-31)21-13-10-20(11-14-21)12-17-29(35)37-5-2/h6-18,34H,4-5H2,1-3H3/b17-12+,30-23+. The van der Waals surface area contributed by atoms with Gasteiger partial charge in [0, 0.05) is 22.6 Å². The van der Waals surface area contributed by atoms with E-state index in [4.69, 9.17) is 21.1 Å². The zero-order valence-electron chi connectivity index (χ0n) is 21.0. The summed E-state index contributed by atoms with van der Waals surface area (Å²) in [5, 5.41) is 11.6. The molecule has 0 radical (unpaired) electrons. The number of methoxy groups -OCH3 is 1. The fourth-order valence-electron chi connectivity index (χ4n) is 4.40. The van der Waals surface area contributed by atoms with Crippen LogP contribution in [-0.4, -0.2) is 24.7 Å². The van der Waals surface area contributed by atoms with E-state index in [2.05, 4.69) is 18.0 Å². The minimum Gasteiger partial charge on any atom is -0.497 e. The zero-order valence-corrected chi connectivity index (χ0v) is 21.7. The third-order valence-corrected chi connectivity index (χ3v) is 6.44. The van der Waals surface area contributed by atoms with E-state index in [-0.39, 0.29) is 5.97 Å². The van der Waals surface area contributed by atoms with Gasteiger partial charge >= 0.3 is 5.97 Å². The maximum Gasteiger partial charge on any atom is 0.330 e. The van der Waals surface area contributed by atoms with Crippen molar-refractivity contribution in [2.24, 2.45) is 0 Å². The Kier molecular flexibility index (Phi) is 8.12. The summed E-state index contributed by atoms with van der Waals surface area (Å²) >= 11 is 6.73. The average molecular weight is 511 g/mol. The number of rotatable bonds is 8. The molecule has 5 nitrogen and oxygen atoms in total. The first-order valence-electron chi connectivity index (χ1n) is 12.0. The monoisotopic (exact) mass is 510 g/mol. The number of esters is 1. The molecule has 1 aromatic heterocycles. The van der Waals surface area contributed by atoms with Crippen LogP contribution >= 0.6 is 11.6 Å². The van der Waals surface area contributed by atoms with Crippen molar-refractivity contribution in [2.75, 3.05) is 13.7 Å². The zero-order chi connectivity index (χ0) is 26.4. The highest BCUT2D eigenvalue weighted by Crippen LogP contribution is 2.40. The van der Waals surface area contributed by atoms with Crippen molar-refractivity contribution in [3.63, 3.8) is 0 Å². The molecule has 0 unspecified atom stereocenters. The van der Waals surface area contributed by atoms with E-state index in [9.17, 15) is 10.1 Å². The Hall–Kier alpha value is -4.27. The van der Waals surface area contributed by atoms with Crippen LogP contribution in [0.1, 0.15) is 48.2 Å². The smallest absolute Gasteiger partial charge is 0.330 e. The first kappa shape index (κ1) is 25.8. The van der Waals surface area contributed by atoms with Crippen molar-refractivity contribution in [1.82, 2.24) is 4.98 Å². The Labute approximate surface area is 221 Å². The third kappa shape index (κ3) is 5.45. The molecular weight excluding hydrogens is 484 g/mol. The van der Waals surface area contributed by atoms with Crippen molar-refractivity contribution in [1.29, 1.82) is 5.26 Å². The van der Waals surface area contributed by atoms with Gasteiger partial charge < -0.3 is 14.5 Å². The molecule has 37 heavy (non-hydrogen) atoms. The number of aromatic amines is 1. The van der Waals surface area contributed by atoms with Crippen LogP contribution in [0.4, 0.5) is 0 Å². The first-order chi connectivity index (χ1) is 18.0. The normalized spacial score (nSPS) is 11.9. The molecule has 0 atom stereocenters. The van der Waals surface area contributed by atoms with Gasteiger partial charge in [0.15, 0.2) is 0 Å². The van der Waals surface area contributed by atoms with Gasteiger partial charge in [0.05, 0.1) is 30.0 Å². The molecule has 0 saturated carbocycles. The lowest BCUT2D eigenvalue weighted by Crippen LogP contribution is -1.99. The lowest BCUT2D eigenvalue weighted by molar-refractivity contribution is -0.137. The maximum absolute atomic E-state index is 11.7. The largest absolute Gasteiger partial charge is 0.497 e. The number of halogens is 1. The number of fused-ring (bicyclic) bond motifs is 1. The molecule has 6 heteroatoms. The summed E-state index contributed by atoms with van der Waals surface area (Å²) in [6, 6.07) is 23.7. The second kappa shape index (κ2) is 11.6. The SMILES string of the molecule is CCOC(=O)/C=C/c1ccc(/C(=C(/CC)c2ccc(OC)cc2Cl)c2[nH]c3ccccc3c2C#N)cc1. The Bertz CT molecular complexity index is 1540. The van der Waals surface area contributed by atoms with Crippen LogP contribution in [0.25, 0.3) is 28.1 Å². The minimum absolute atomic E-state index is 0.329. The maximum atomic E-state index is 11.7. The van der Waals surface area contributed by atoms with Gasteiger partial charge in [-0.3, -0.25) is 0 Å². The number of H-pyrrole nitrogens is 1.